The second-order valence-corrected chi connectivity index (χ2v) is 7.14. The van der Waals surface area contributed by atoms with Crippen molar-refractivity contribution in [2.24, 2.45) is 7.05 Å². The summed E-state index contributed by atoms with van der Waals surface area (Å²) in [5.41, 5.74) is 2.49. The van der Waals surface area contributed by atoms with E-state index >= 15 is 0 Å². The van der Waals surface area contributed by atoms with Crippen molar-refractivity contribution in [3.05, 3.63) is 95.6 Å². The molecule has 0 aliphatic carbocycles. The average molecular weight is 429 g/mol. The molecule has 0 bridgehead atoms. The van der Waals surface area contributed by atoms with E-state index < -0.39 is 11.7 Å². The number of hydrogen-bond donors (Lipinski definition) is 2. The Morgan fingerprint density at radius 2 is 1.72 bits per heavy atom. The van der Waals surface area contributed by atoms with Gasteiger partial charge in [-0.3, -0.25) is 19.3 Å². The molecule has 160 valence electrons. The molecule has 4 aromatic rings. The lowest BCUT2D eigenvalue weighted by atomic mass is 10.1. The van der Waals surface area contributed by atoms with Crippen molar-refractivity contribution in [3.8, 4) is 11.3 Å². The fourth-order valence-electron chi connectivity index (χ4n) is 3.19. The predicted octanol–water partition coefficient (Wildman–Crippen LogP) is 4.43. The molecule has 7 nitrogen and oxygen atoms in total. The van der Waals surface area contributed by atoms with Crippen molar-refractivity contribution in [1.82, 2.24) is 14.8 Å². The maximum absolute atomic E-state index is 14.7. The topological polar surface area (TPSA) is 88.9 Å². The van der Waals surface area contributed by atoms with Crippen LogP contribution in [0.25, 0.3) is 11.3 Å². The van der Waals surface area contributed by atoms with Crippen LogP contribution in [0.3, 0.4) is 0 Å². The number of aryl methyl sites for hydroxylation is 2. The highest BCUT2D eigenvalue weighted by Crippen LogP contribution is 2.26. The van der Waals surface area contributed by atoms with Crippen LogP contribution in [0.15, 0.2) is 72.9 Å². The molecule has 0 fully saturated rings. The Bertz CT molecular complexity index is 1300. The van der Waals surface area contributed by atoms with Crippen molar-refractivity contribution in [2.75, 3.05) is 10.6 Å². The number of carbonyl (C=O) groups excluding carboxylic acids is 2. The van der Waals surface area contributed by atoms with E-state index in [0.717, 1.165) is 0 Å². The van der Waals surface area contributed by atoms with Crippen molar-refractivity contribution in [3.63, 3.8) is 0 Å². The SMILES string of the molecule is Cc1ncccc1C(=O)Nc1ccc(-c2cc(NC(=O)c3ccccc3)n(C)n2)cc1F. The van der Waals surface area contributed by atoms with Crippen LogP contribution in [-0.4, -0.2) is 26.6 Å². The van der Waals surface area contributed by atoms with Gasteiger partial charge in [0.1, 0.15) is 11.6 Å². The van der Waals surface area contributed by atoms with Crippen LogP contribution in [0, 0.1) is 12.7 Å². The number of carbonyl (C=O) groups is 2. The van der Waals surface area contributed by atoms with Crippen LogP contribution >= 0.6 is 0 Å². The molecule has 2 heterocycles. The molecular formula is C24H20FN5O2. The molecule has 0 saturated carbocycles. The number of halogens is 1. The van der Waals surface area contributed by atoms with E-state index in [1.165, 1.54) is 16.8 Å². The number of nitrogens with one attached hydrogen (secondary N) is 2. The highest BCUT2D eigenvalue weighted by atomic mass is 19.1. The van der Waals surface area contributed by atoms with E-state index in [1.807, 2.05) is 6.07 Å². The van der Waals surface area contributed by atoms with Crippen LogP contribution in [0.5, 0.6) is 0 Å². The van der Waals surface area contributed by atoms with E-state index in [1.54, 1.807) is 68.7 Å². The summed E-state index contributed by atoms with van der Waals surface area (Å²) in [5, 5.41) is 9.73. The molecule has 0 radical (unpaired) electrons. The molecule has 0 atom stereocenters. The van der Waals surface area contributed by atoms with Crippen LogP contribution in [0.1, 0.15) is 26.4 Å². The zero-order valence-corrected chi connectivity index (χ0v) is 17.5. The summed E-state index contributed by atoms with van der Waals surface area (Å²) >= 11 is 0. The quantitative estimate of drug-likeness (QED) is 0.491. The molecule has 0 aliphatic heterocycles. The summed E-state index contributed by atoms with van der Waals surface area (Å²) in [6, 6.07) is 18.2. The van der Waals surface area contributed by atoms with E-state index in [2.05, 4.69) is 20.7 Å². The Morgan fingerprint density at radius 3 is 2.44 bits per heavy atom. The summed E-state index contributed by atoms with van der Waals surface area (Å²) in [5.74, 6) is -0.835. The van der Waals surface area contributed by atoms with E-state index in [9.17, 15) is 14.0 Å². The Kier molecular flexibility index (Phi) is 5.76. The molecule has 0 aliphatic rings. The monoisotopic (exact) mass is 429 g/mol. The van der Waals surface area contributed by atoms with Crippen LogP contribution in [0.2, 0.25) is 0 Å². The predicted molar refractivity (Wildman–Crippen MR) is 120 cm³/mol. The minimum atomic E-state index is -0.599. The molecule has 0 saturated heterocycles. The lowest BCUT2D eigenvalue weighted by molar-refractivity contribution is 0.101. The molecule has 2 aromatic heterocycles. The van der Waals surface area contributed by atoms with E-state index in [0.29, 0.717) is 33.9 Å². The minimum Gasteiger partial charge on any atom is -0.319 e. The number of hydrogen-bond acceptors (Lipinski definition) is 4. The normalized spacial score (nSPS) is 10.6. The number of pyridine rings is 1. The van der Waals surface area contributed by atoms with Crippen LogP contribution in [0.4, 0.5) is 15.9 Å². The maximum Gasteiger partial charge on any atom is 0.257 e. The first-order valence-corrected chi connectivity index (χ1v) is 9.85. The number of anilines is 2. The first-order valence-electron chi connectivity index (χ1n) is 9.85. The average Bonchev–Trinajstić information content (AvgIpc) is 3.16. The fraction of sp³-hybridized carbons (Fsp3) is 0.0833. The second-order valence-electron chi connectivity index (χ2n) is 7.14. The largest absolute Gasteiger partial charge is 0.319 e. The fourth-order valence-corrected chi connectivity index (χ4v) is 3.19. The number of benzene rings is 2. The lowest BCUT2D eigenvalue weighted by Crippen LogP contribution is -2.14. The van der Waals surface area contributed by atoms with Gasteiger partial charge in [-0.05, 0) is 43.3 Å². The lowest BCUT2D eigenvalue weighted by Gasteiger charge is -2.09. The molecule has 8 heteroatoms. The third kappa shape index (κ3) is 4.39. The van der Waals surface area contributed by atoms with Crippen LogP contribution in [-0.2, 0) is 7.05 Å². The van der Waals surface area contributed by atoms with Crippen molar-refractivity contribution >= 4 is 23.3 Å². The van der Waals surface area contributed by atoms with Gasteiger partial charge in [0.2, 0.25) is 0 Å². The highest BCUT2D eigenvalue weighted by Gasteiger charge is 2.15. The summed E-state index contributed by atoms with van der Waals surface area (Å²) < 4.78 is 16.2. The Morgan fingerprint density at radius 1 is 0.938 bits per heavy atom. The Hall–Kier alpha value is -4.33. The number of nitrogens with zero attached hydrogens (tertiary/aromatic N) is 3. The van der Waals surface area contributed by atoms with E-state index in [-0.39, 0.29) is 11.6 Å². The number of rotatable bonds is 5. The van der Waals surface area contributed by atoms with Gasteiger partial charge in [-0.15, -0.1) is 0 Å². The number of amides is 2. The third-order valence-corrected chi connectivity index (χ3v) is 4.92. The molecule has 4 rings (SSSR count). The molecule has 2 amide bonds. The minimum absolute atomic E-state index is 0.0514. The molecular weight excluding hydrogens is 409 g/mol. The van der Waals surface area contributed by atoms with E-state index in [4.69, 9.17) is 0 Å². The molecule has 0 spiro atoms. The van der Waals surface area contributed by atoms with Gasteiger partial charge in [0.05, 0.1) is 16.9 Å². The third-order valence-electron chi connectivity index (χ3n) is 4.92. The summed E-state index contributed by atoms with van der Waals surface area (Å²) in [6.07, 6.45) is 1.59. The zero-order chi connectivity index (χ0) is 22.7. The number of aromatic nitrogens is 3. The van der Waals surface area contributed by atoms with Gasteiger partial charge >= 0.3 is 0 Å². The Balaban J connectivity index is 1.52. The van der Waals surface area contributed by atoms with Gasteiger partial charge < -0.3 is 10.6 Å². The summed E-state index contributed by atoms with van der Waals surface area (Å²) in [4.78, 5) is 28.9. The summed E-state index contributed by atoms with van der Waals surface area (Å²) in [6.45, 7) is 1.71. The molecule has 2 N–H and O–H groups in total. The Labute approximate surface area is 183 Å². The molecule has 32 heavy (non-hydrogen) atoms. The standard InChI is InChI=1S/C24H20FN5O2/c1-15-18(9-6-12-26-15)24(32)27-20-11-10-17(13-19(20)25)21-14-22(30(2)29-21)28-23(31)16-7-4-3-5-8-16/h3-14H,1-2H3,(H,27,32)(H,28,31). The zero-order valence-electron chi connectivity index (χ0n) is 17.5. The first kappa shape index (κ1) is 20.9. The molecule has 2 aromatic carbocycles. The summed E-state index contributed by atoms with van der Waals surface area (Å²) in [7, 11) is 1.69. The smallest absolute Gasteiger partial charge is 0.257 e. The van der Waals surface area contributed by atoms with Gasteiger partial charge in [-0.2, -0.15) is 5.10 Å². The highest BCUT2D eigenvalue weighted by molar-refractivity contribution is 6.05. The second kappa shape index (κ2) is 8.81. The van der Waals surface area contributed by atoms with Crippen LogP contribution < -0.4 is 10.6 Å². The van der Waals surface area contributed by atoms with Gasteiger partial charge in [0.25, 0.3) is 11.8 Å². The maximum atomic E-state index is 14.7. The van der Waals surface area contributed by atoms with Crippen molar-refractivity contribution in [1.29, 1.82) is 0 Å². The van der Waals surface area contributed by atoms with Gasteiger partial charge in [-0.1, -0.05) is 24.3 Å². The first-order chi connectivity index (χ1) is 15.4. The molecule has 0 unspecified atom stereocenters. The van der Waals surface area contributed by atoms with Gasteiger partial charge in [-0.25, -0.2) is 4.39 Å². The van der Waals surface area contributed by atoms with Gasteiger partial charge in [0, 0.05) is 36.1 Å². The van der Waals surface area contributed by atoms with Crippen molar-refractivity contribution in [2.45, 2.75) is 6.92 Å². The van der Waals surface area contributed by atoms with Gasteiger partial charge in [0.15, 0.2) is 0 Å². The van der Waals surface area contributed by atoms with Crippen molar-refractivity contribution < 1.29 is 14.0 Å².